The van der Waals surface area contributed by atoms with E-state index in [1.54, 1.807) is 6.21 Å². The van der Waals surface area contributed by atoms with Crippen LogP contribution < -0.4 is 39.6 Å². The quantitative estimate of drug-likeness (QED) is 0.279. The van der Waals surface area contributed by atoms with Crippen LogP contribution in [0, 0.1) is 0 Å². The summed E-state index contributed by atoms with van der Waals surface area (Å²) in [6.07, 6.45) is 1.55. The summed E-state index contributed by atoms with van der Waals surface area (Å²) in [6, 6.07) is 7.24. The molecule has 17 heavy (non-hydrogen) atoms. The van der Waals surface area contributed by atoms with Crippen LogP contribution in [0.15, 0.2) is 29.4 Å². The molecule has 0 saturated carbocycles. The minimum absolute atomic E-state index is 0. The third-order valence-electron chi connectivity index (χ3n) is 2.06. The number of hydrogen-bond acceptors (Lipinski definition) is 2. The van der Waals surface area contributed by atoms with Crippen LogP contribution in [0.5, 0.6) is 0 Å². The van der Waals surface area contributed by atoms with Crippen LogP contribution in [0.25, 0.3) is 0 Å². The van der Waals surface area contributed by atoms with Gasteiger partial charge in [0.15, 0.2) is 0 Å². The summed E-state index contributed by atoms with van der Waals surface area (Å²) in [4.78, 5) is 10.4. The molecule has 0 spiro atoms. The Morgan fingerprint density at radius 3 is 2.24 bits per heavy atom. The van der Waals surface area contributed by atoms with Gasteiger partial charge in [0.25, 0.3) is 0 Å². The van der Waals surface area contributed by atoms with Gasteiger partial charge in [-0.1, -0.05) is 0 Å². The highest BCUT2D eigenvalue weighted by atomic mass is 127. The van der Waals surface area contributed by atoms with Gasteiger partial charge in [0.1, 0.15) is 5.69 Å². The van der Waals surface area contributed by atoms with Gasteiger partial charge >= 0.3 is 6.03 Å². The van der Waals surface area contributed by atoms with Gasteiger partial charge in [-0.2, -0.15) is 5.10 Å². The van der Waals surface area contributed by atoms with E-state index in [1.807, 2.05) is 24.3 Å². The lowest BCUT2D eigenvalue weighted by Crippen LogP contribution is -3.00. The smallest absolute Gasteiger partial charge is 0.332 e. The molecule has 1 rings (SSSR count). The molecular formula is C11H17IN4O. The van der Waals surface area contributed by atoms with Crippen LogP contribution in [0.2, 0.25) is 0 Å². The number of quaternary nitrogens is 1. The van der Waals surface area contributed by atoms with E-state index in [4.69, 9.17) is 5.73 Å². The second kappa shape index (κ2) is 6.55. The second-order valence-corrected chi connectivity index (χ2v) is 4.34. The molecule has 6 heteroatoms. The number of hydrazone groups is 1. The van der Waals surface area contributed by atoms with Crippen molar-refractivity contribution in [3.63, 3.8) is 0 Å². The van der Waals surface area contributed by atoms with Crippen LogP contribution in [0.1, 0.15) is 5.56 Å². The standard InChI is InChI=1S/C11H16N4O.HI/c1-15(2,3)10-6-4-9(5-7-10)8-13-14-11(12)16;/h4-8H,1-3H3,(H2-,12,14,16);1H/b13-8+;. The van der Waals surface area contributed by atoms with Crippen molar-refractivity contribution in [3.05, 3.63) is 29.8 Å². The van der Waals surface area contributed by atoms with Crippen molar-refractivity contribution in [2.75, 3.05) is 21.1 Å². The number of nitrogens with one attached hydrogen (secondary N) is 1. The zero-order chi connectivity index (χ0) is 12.2. The largest absolute Gasteiger partial charge is 1.00 e. The number of halogens is 1. The van der Waals surface area contributed by atoms with E-state index in [0.717, 1.165) is 10.0 Å². The van der Waals surface area contributed by atoms with Gasteiger partial charge in [-0.3, -0.25) is 4.48 Å². The Morgan fingerprint density at radius 2 is 1.82 bits per heavy atom. The van der Waals surface area contributed by atoms with Gasteiger partial charge in [-0.05, 0) is 29.8 Å². The summed E-state index contributed by atoms with van der Waals surface area (Å²) in [6.45, 7) is 0. The summed E-state index contributed by atoms with van der Waals surface area (Å²) in [5.41, 5.74) is 9.12. The molecule has 3 N–H and O–H groups in total. The fraction of sp³-hybridized carbons (Fsp3) is 0.273. The van der Waals surface area contributed by atoms with Gasteiger partial charge in [0.2, 0.25) is 0 Å². The fourth-order valence-corrected chi connectivity index (χ4v) is 1.18. The summed E-state index contributed by atoms with van der Waals surface area (Å²) in [5.74, 6) is 0. The SMILES string of the molecule is C[N+](C)(C)c1ccc(/C=N/NC(N)=O)cc1.[I-]. The van der Waals surface area contributed by atoms with Crippen LogP contribution in [0.3, 0.4) is 0 Å². The highest BCUT2D eigenvalue weighted by molar-refractivity contribution is 5.81. The van der Waals surface area contributed by atoms with Crippen LogP contribution in [-0.4, -0.2) is 33.4 Å². The molecule has 0 heterocycles. The minimum Gasteiger partial charge on any atom is -1.00 e. The number of hydrogen-bond donors (Lipinski definition) is 2. The first-order valence-corrected chi connectivity index (χ1v) is 4.90. The normalized spacial score (nSPS) is 11.0. The lowest BCUT2D eigenvalue weighted by atomic mass is 10.2. The van der Waals surface area contributed by atoms with E-state index >= 15 is 0 Å². The predicted molar refractivity (Wildman–Crippen MR) is 66.3 cm³/mol. The zero-order valence-corrected chi connectivity index (χ0v) is 12.3. The van der Waals surface area contributed by atoms with Gasteiger partial charge in [-0.15, -0.1) is 0 Å². The van der Waals surface area contributed by atoms with Crippen LogP contribution in [0.4, 0.5) is 10.5 Å². The molecule has 0 fully saturated rings. The Hall–Kier alpha value is -1.15. The molecule has 5 nitrogen and oxygen atoms in total. The van der Waals surface area contributed by atoms with Crippen LogP contribution >= 0.6 is 0 Å². The molecule has 0 saturated heterocycles. The van der Waals surface area contributed by atoms with Crippen molar-refractivity contribution >= 4 is 17.9 Å². The fourth-order valence-electron chi connectivity index (χ4n) is 1.18. The second-order valence-electron chi connectivity index (χ2n) is 4.34. The Kier molecular flexibility index (Phi) is 6.11. The number of amides is 2. The Balaban J connectivity index is 0.00000256. The molecule has 94 valence electrons. The lowest BCUT2D eigenvalue weighted by molar-refractivity contribution is -0.00000698. The van der Waals surface area contributed by atoms with Crippen molar-refractivity contribution in [3.8, 4) is 0 Å². The molecule has 2 amide bonds. The average molecular weight is 348 g/mol. The predicted octanol–water partition coefficient (Wildman–Crippen LogP) is -2.11. The first-order chi connectivity index (χ1) is 7.39. The minimum atomic E-state index is -0.667. The Labute approximate surface area is 118 Å². The van der Waals surface area contributed by atoms with Crippen molar-refractivity contribution in [1.29, 1.82) is 0 Å². The summed E-state index contributed by atoms with van der Waals surface area (Å²) in [5, 5.41) is 3.68. The number of carbonyl (C=O) groups excluding carboxylic acids is 1. The maximum atomic E-state index is 10.4. The summed E-state index contributed by atoms with van der Waals surface area (Å²) < 4.78 is 0.761. The molecule has 0 unspecified atom stereocenters. The molecule has 0 bridgehead atoms. The lowest BCUT2D eigenvalue weighted by Gasteiger charge is -2.23. The van der Waals surface area contributed by atoms with E-state index in [-0.39, 0.29) is 24.0 Å². The molecule has 0 aliphatic rings. The number of carbonyl (C=O) groups is 1. The number of nitrogens with zero attached hydrogens (tertiary/aromatic N) is 2. The monoisotopic (exact) mass is 348 g/mol. The van der Waals surface area contributed by atoms with Crippen LogP contribution in [-0.2, 0) is 0 Å². The first kappa shape index (κ1) is 15.9. The molecule has 1 aromatic carbocycles. The Bertz CT molecular complexity index is 395. The molecule has 1 aromatic rings. The number of nitrogens with two attached hydrogens (primary N) is 1. The van der Waals surface area contributed by atoms with E-state index in [2.05, 4.69) is 31.7 Å². The van der Waals surface area contributed by atoms with Gasteiger partial charge in [0.05, 0.1) is 27.4 Å². The topological polar surface area (TPSA) is 67.5 Å². The van der Waals surface area contributed by atoms with E-state index in [0.29, 0.717) is 0 Å². The number of urea groups is 1. The average Bonchev–Trinajstić information content (AvgIpc) is 2.16. The number of benzene rings is 1. The summed E-state index contributed by atoms with van der Waals surface area (Å²) in [7, 11) is 6.28. The molecule has 0 radical (unpaired) electrons. The van der Waals surface area contributed by atoms with Gasteiger partial charge < -0.3 is 29.7 Å². The number of rotatable bonds is 3. The van der Waals surface area contributed by atoms with Crippen molar-refractivity contribution in [1.82, 2.24) is 9.91 Å². The first-order valence-electron chi connectivity index (χ1n) is 4.90. The molecule has 0 aliphatic heterocycles. The third-order valence-corrected chi connectivity index (χ3v) is 2.06. The Morgan fingerprint density at radius 1 is 1.29 bits per heavy atom. The zero-order valence-electron chi connectivity index (χ0n) is 10.1. The van der Waals surface area contributed by atoms with Gasteiger partial charge in [-0.25, -0.2) is 10.2 Å². The van der Waals surface area contributed by atoms with Gasteiger partial charge in [0, 0.05) is 0 Å². The highest BCUT2D eigenvalue weighted by Gasteiger charge is 2.10. The molecular weight excluding hydrogens is 331 g/mol. The molecule has 0 aromatic heterocycles. The van der Waals surface area contributed by atoms with Crippen molar-refractivity contribution in [2.24, 2.45) is 10.8 Å². The summed E-state index contributed by atoms with van der Waals surface area (Å²) >= 11 is 0. The maximum absolute atomic E-state index is 10.4. The highest BCUT2D eigenvalue weighted by Crippen LogP contribution is 2.16. The van der Waals surface area contributed by atoms with E-state index < -0.39 is 6.03 Å². The molecule has 0 aliphatic carbocycles. The van der Waals surface area contributed by atoms with Crippen molar-refractivity contribution in [2.45, 2.75) is 0 Å². The van der Waals surface area contributed by atoms with E-state index in [9.17, 15) is 4.79 Å². The third kappa shape index (κ3) is 5.64. The van der Waals surface area contributed by atoms with Crippen molar-refractivity contribution < 1.29 is 28.8 Å². The molecule has 0 atom stereocenters. The van der Waals surface area contributed by atoms with E-state index in [1.165, 1.54) is 5.69 Å². The number of primary amides is 1. The maximum Gasteiger partial charge on any atom is 0.332 e.